The van der Waals surface area contributed by atoms with Gasteiger partial charge in [-0.15, -0.1) is 0 Å². The maximum atomic E-state index is 12.1. The zero-order valence-corrected chi connectivity index (χ0v) is 11.2. The van der Waals surface area contributed by atoms with Gasteiger partial charge in [-0.25, -0.2) is 0 Å². The number of rotatable bonds is 3. The minimum absolute atomic E-state index is 0.0440. The Hall–Kier alpha value is -1.27. The Balaban J connectivity index is 2.08. The van der Waals surface area contributed by atoms with E-state index >= 15 is 0 Å². The van der Waals surface area contributed by atoms with E-state index in [9.17, 15) is 13.5 Å². The molecule has 0 spiro atoms. The smallest absolute Gasteiger partial charge is 0.301 e. The monoisotopic (exact) mass is 270 g/mol. The molecule has 0 radical (unpaired) electrons. The van der Waals surface area contributed by atoms with Gasteiger partial charge < -0.3 is 5.11 Å². The summed E-state index contributed by atoms with van der Waals surface area (Å²) in [7, 11) is -3.50. The number of hydrogen-bond donors (Lipinski definition) is 2. The van der Waals surface area contributed by atoms with E-state index in [1.165, 1.54) is 16.4 Å². The van der Waals surface area contributed by atoms with E-state index in [0.717, 1.165) is 12.8 Å². The highest BCUT2D eigenvalue weighted by atomic mass is 32.2. The normalized spacial score (nSPS) is 18.7. The van der Waals surface area contributed by atoms with Crippen molar-refractivity contribution in [1.82, 2.24) is 4.31 Å². The van der Waals surface area contributed by atoms with Crippen molar-refractivity contribution in [3.8, 4) is 5.75 Å². The quantitative estimate of drug-likeness (QED) is 0.879. The van der Waals surface area contributed by atoms with Crippen LogP contribution in [0.4, 0.5) is 5.69 Å². The molecule has 2 rings (SSSR count). The van der Waals surface area contributed by atoms with E-state index in [2.05, 4.69) is 11.6 Å². The second-order valence-corrected chi connectivity index (χ2v) is 6.41. The van der Waals surface area contributed by atoms with Gasteiger partial charge in [0.25, 0.3) is 0 Å². The summed E-state index contributed by atoms with van der Waals surface area (Å²) >= 11 is 0. The second-order valence-electron chi connectivity index (χ2n) is 4.74. The Bertz CT molecular complexity index is 508. The largest absolute Gasteiger partial charge is 0.508 e. The van der Waals surface area contributed by atoms with Crippen LogP contribution in [0.15, 0.2) is 24.3 Å². The number of nitrogens with zero attached hydrogens (tertiary/aromatic N) is 1. The van der Waals surface area contributed by atoms with Gasteiger partial charge in [0.2, 0.25) is 0 Å². The average molecular weight is 270 g/mol. The van der Waals surface area contributed by atoms with Gasteiger partial charge in [0.1, 0.15) is 5.75 Å². The van der Waals surface area contributed by atoms with Crippen molar-refractivity contribution in [2.24, 2.45) is 5.92 Å². The molecule has 0 bridgehead atoms. The third-order valence-electron chi connectivity index (χ3n) is 3.18. The van der Waals surface area contributed by atoms with Crippen LogP contribution in [0.2, 0.25) is 0 Å². The van der Waals surface area contributed by atoms with Crippen molar-refractivity contribution in [2.45, 2.75) is 19.8 Å². The molecule has 1 aromatic rings. The lowest BCUT2D eigenvalue weighted by molar-refractivity contribution is 0.289. The van der Waals surface area contributed by atoms with Crippen molar-refractivity contribution in [1.29, 1.82) is 0 Å². The third kappa shape index (κ3) is 3.14. The average Bonchev–Trinajstić information content (AvgIpc) is 2.29. The molecule has 0 aromatic heterocycles. The summed E-state index contributed by atoms with van der Waals surface area (Å²) in [6.07, 6.45) is 1.78. The number of aromatic hydroxyl groups is 1. The van der Waals surface area contributed by atoms with Crippen molar-refractivity contribution < 1.29 is 13.5 Å². The Kier molecular flexibility index (Phi) is 3.77. The molecule has 2 N–H and O–H groups in total. The van der Waals surface area contributed by atoms with E-state index < -0.39 is 10.2 Å². The lowest BCUT2D eigenvalue weighted by Gasteiger charge is -2.29. The fourth-order valence-electron chi connectivity index (χ4n) is 2.01. The molecule has 0 unspecified atom stereocenters. The van der Waals surface area contributed by atoms with Crippen LogP contribution in [0.5, 0.6) is 5.75 Å². The first kappa shape index (κ1) is 13.2. The number of benzene rings is 1. The maximum Gasteiger partial charge on any atom is 0.301 e. The third-order valence-corrected chi connectivity index (χ3v) is 4.71. The van der Waals surface area contributed by atoms with Gasteiger partial charge in [-0.3, -0.25) is 4.72 Å². The molecular formula is C12H18N2O3S. The molecule has 1 aliphatic rings. The van der Waals surface area contributed by atoms with Gasteiger partial charge in [0.05, 0.1) is 5.69 Å². The topological polar surface area (TPSA) is 69.6 Å². The Morgan fingerprint density at radius 3 is 2.61 bits per heavy atom. The van der Waals surface area contributed by atoms with Crippen LogP contribution in [-0.4, -0.2) is 30.9 Å². The highest BCUT2D eigenvalue weighted by Crippen LogP contribution is 2.21. The lowest BCUT2D eigenvalue weighted by Crippen LogP contribution is -2.41. The molecule has 5 nitrogen and oxygen atoms in total. The van der Waals surface area contributed by atoms with Crippen molar-refractivity contribution in [3.63, 3.8) is 0 Å². The molecule has 1 heterocycles. The summed E-state index contributed by atoms with van der Waals surface area (Å²) in [5.41, 5.74) is 0.383. The van der Waals surface area contributed by atoms with Gasteiger partial charge in [0.15, 0.2) is 0 Å². The Morgan fingerprint density at radius 1 is 1.33 bits per heavy atom. The molecule has 0 amide bonds. The zero-order chi connectivity index (χ0) is 13.2. The zero-order valence-electron chi connectivity index (χ0n) is 10.3. The number of piperidine rings is 1. The molecule has 1 fully saturated rings. The molecular weight excluding hydrogens is 252 g/mol. The van der Waals surface area contributed by atoms with E-state index in [4.69, 9.17) is 0 Å². The highest BCUT2D eigenvalue weighted by Gasteiger charge is 2.26. The van der Waals surface area contributed by atoms with Gasteiger partial charge in [-0.1, -0.05) is 13.0 Å². The second kappa shape index (κ2) is 5.16. The van der Waals surface area contributed by atoms with Gasteiger partial charge in [-0.05, 0) is 30.9 Å². The van der Waals surface area contributed by atoms with Crippen molar-refractivity contribution in [3.05, 3.63) is 24.3 Å². The van der Waals surface area contributed by atoms with Crippen LogP contribution in [0, 0.1) is 5.92 Å². The number of phenolic OH excluding ortho intramolecular Hbond substituents is 1. The molecule has 100 valence electrons. The summed E-state index contributed by atoms with van der Waals surface area (Å²) < 4.78 is 28.1. The van der Waals surface area contributed by atoms with Crippen LogP contribution in [-0.2, 0) is 10.2 Å². The number of nitrogens with one attached hydrogen (secondary N) is 1. The first-order valence-corrected chi connectivity index (χ1v) is 7.48. The van der Waals surface area contributed by atoms with E-state index in [0.29, 0.717) is 24.7 Å². The summed E-state index contributed by atoms with van der Waals surface area (Å²) in [5, 5.41) is 9.31. The molecule has 18 heavy (non-hydrogen) atoms. The number of anilines is 1. The SMILES string of the molecule is CC1CCN(S(=O)(=O)Nc2cccc(O)c2)CC1. The molecule has 6 heteroatoms. The first-order valence-electron chi connectivity index (χ1n) is 6.04. The molecule has 1 aliphatic heterocycles. The number of hydrogen-bond acceptors (Lipinski definition) is 3. The van der Waals surface area contributed by atoms with E-state index in [-0.39, 0.29) is 5.75 Å². The molecule has 1 saturated heterocycles. The highest BCUT2D eigenvalue weighted by molar-refractivity contribution is 7.90. The molecule has 0 atom stereocenters. The van der Waals surface area contributed by atoms with Crippen LogP contribution < -0.4 is 4.72 Å². The fourth-order valence-corrected chi connectivity index (χ4v) is 3.25. The van der Waals surface area contributed by atoms with Crippen LogP contribution >= 0.6 is 0 Å². The summed E-state index contributed by atoms with van der Waals surface area (Å²) in [6, 6.07) is 6.11. The number of phenols is 1. The predicted molar refractivity (Wildman–Crippen MR) is 70.6 cm³/mol. The molecule has 1 aromatic carbocycles. The van der Waals surface area contributed by atoms with Crippen LogP contribution in [0.25, 0.3) is 0 Å². The van der Waals surface area contributed by atoms with Gasteiger partial charge in [0, 0.05) is 19.2 Å². The minimum Gasteiger partial charge on any atom is -0.508 e. The molecule has 0 aliphatic carbocycles. The van der Waals surface area contributed by atoms with Crippen LogP contribution in [0.1, 0.15) is 19.8 Å². The standard InChI is InChI=1S/C12H18N2O3S/c1-10-5-7-14(8-6-10)18(16,17)13-11-3-2-4-12(15)9-11/h2-4,9-10,13,15H,5-8H2,1H3. The van der Waals surface area contributed by atoms with Crippen molar-refractivity contribution in [2.75, 3.05) is 17.8 Å². The van der Waals surface area contributed by atoms with Crippen molar-refractivity contribution >= 4 is 15.9 Å². The van der Waals surface area contributed by atoms with E-state index in [1.807, 2.05) is 0 Å². The fraction of sp³-hybridized carbons (Fsp3) is 0.500. The first-order chi connectivity index (χ1) is 8.47. The summed E-state index contributed by atoms with van der Waals surface area (Å²) in [4.78, 5) is 0. The summed E-state index contributed by atoms with van der Waals surface area (Å²) in [5.74, 6) is 0.625. The lowest BCUT2D eigenvalue weighted by atomic mass is 10.0. The van der Waals surface area contributed by atoms with Gasteiger partial charge in [-0.2, -0.15) is 12.7 Å². The van der Waals surface area contributed by atoms with Gasteiger partial charge >= 0.3 is 10.2 Å². The van der Waals surface area contributed by atoms with Crippen LogP contribution in [0.3, 0.4) is 0 Å². The Labute approximate surface area is 108 Å². The van der Waals surface area contributed by atoms with E-state index in [1.54, 1.807) is 12.1 Å². The summed E-state index contributed by atoms with van der Waals surface area (Å²) in [6.45, 7) is 3.23. The minimum atomic E-state index is -3.50. The maximum absolute atomic E-state index is 12.1. The Morgan fingerprint density at radius 2 is 2.00 bits per heavy atom. The predicted octanol–water partition coefficient (Wildman–Crippen LogP) is 1.78. The molecule has 0 saturated carbocycles.